The first-order valence-corrected chi connectivity index (χ1v) is 5.69. The van der Waals surface area contributed by atoms with Gasteiger partial charge in [-0.3, -0.25) is 4.79 Å². The molecule has 0 aliphatic rings. The molecule has 1 N–H and O–H groups in total. The summed E-state index contributed by atoms with van der Waals surface area (Å²) in [4.78, 5) is 11.5. The van der Waals surface area contributed by atoms with E-state index in [-0.39, 0.29) is 5.91 Å². The summed E-state index contributed by atoms with van der Waals surface area (Å²) in [5, 5.41) is 2.80. The molecule has 1 aromatic carbocycles. The molecule has 0 aliphatic carbocycles. The van der Waals surface area contributed by atoms with Crippen molar-refractivity contribution in [3.8, 4) is 5.75 Å². The third-order valence-electron chi connectivity index (χ3n) is 2.40. The van der Waals surface area contributed by atoms with Gasteiger partial charge in [-0.2, -0.15) is 0 Å². The maximum absolute atomic E-state index is 11.5. The van der Waals surface area contributed by atoms with E-state index in [1.54, 1.807) is 6.92 Å². The number of amides is 1. The lowest BCUT2D eigenvalue weighted by atomic mass is 10.2. The van der Waals surface area contributed by atoms with Gasteiger partial charge in [0.2, 0.25) is 5.91 Å². The molecule has 0 heterocycles. The average Bonchev–Trinajstić information content (AvgIpc) is 2.36. The van der Waals surface area contributed by atoms with Gasteiger partial charge in [0.15, 0.2) is 0 Å². The summed E-state index contributed by atoms with van der Waals surface area (Å²) >= 11 is 0. The zero-order chi connectivity index (χ0) is 12.7. The smallest absolute Gasteiger partial charge is 0.249 e. The largest absolute Gasteiger partial charge is 0.494 e. The highest BCUT2D eigenvalue weighted by Crippen LogP contribution is 2.12. The zero-order valence-electron chi connectivity index (χ0n) is 10.5. The molecule has 1 amide bonds. The highest BCUT2D eigenvalue weighted by Gasteiger charge is 2.10. The number of ether oxygens (including phenoxy) is 2. The molecule has 0 bridgehead atoms. The van der Waals surface area contributed by atoms with Gasteiger partial charge in [0.1, 0.15) is 11.9 Å². The van der Waals surface area contributed by atoms with Crippen molar-refractivity contribution in [3.63, 3.8) is 0 Å². The Labute approximate surface area is 102 Å². The summed E-state index contributed by atoms with van der Waals surface area (Å²) in [6, 6.07) is 7.67. The minimum atomic E-state index is -0.426. The van der Waals surface area contributed by atoms with E-state index in [4.69, 9.17) is 9.47 Å². The SMILES string of the molecule is CCOc1cccc(CNC(=O)C(C)OC)c1. The van der Waals surface area contributed by atoms with Crippen LogP contribution in [-0.4, -0.2) is 25.7 Å². The van der Waals surface area contributed by atoms with E-state index in [9.17, 15) is 4.79 Å². The molecule has 0 saturated heterocycles. The van der Waals surface area contributed by atoms with Gasteiger partial charge in [-0.05, 0) is 31.5 Å². The Morgan fingerprint density at radius 1 is 1.47 bits per heavy atom. The van der Waals surface area contributed by atoms with Crippen LogP contribution in [0.4, 0.5) is 0 Å². The van der Waals surface area contributed by atoms with Crippen LogP contribution in [0.2, 0.25) is 0 Å². The Balaban J connectivity index is 2.51. The second-order valence-corrected chi connectivity index (χ2v) is 3.68. The molecule has 1 aromatic rings. The molecule has 17 heavy (non-hydrogen) atoms. The molecule has 1 unspecified atom stereocenters. The molecule has 1 rings (SSSR count). The topological polar surface area (TPSA) is 47.6 Å². The number of benzene rings is 1. The van der Waals surface area contributed by atoms with Crippen molar-refractivity contribution in [1.82, 2.24) is 5.32 Å². The van der Waals surface area contributed by atoms with Gasteiger partial charge in [-0.15, -0.1) is 0 Å². The fourth-order valence-corrected chi connectivity index (χ4v) is 1.35. The fraction of sp³-hybridized carbons (Fsp3) is 0.462. The minimum absolute atomic E-state index is 0.116. The Morgan fingerprint density at radius 2 is 2.24 bits per heavy atom. The van der Waals surface area contributed by atoms with Crippen molar-refractivity contribution < 1.29 is 14.3 Å². The first-order chi connectivity index (χ1) is 8.17. The van der Waals surface area contributed by atoms with Gasteiger partial charge < -0.3 is 14.8 Å². The third-order valence-corrected chi connectivity index (χ3v) is 2.40. The van der Waals surface area contributed by atoms with Crippen molar-refractivity contribution in [2.45, 2.75) is 26.5 Å². The van der Waals surface area contributed by atoms with Crippen LogP contribution in [0.15, 0.2) is 24.3 Å². The lowest BCUT2D eigenvalue weighted by Crippen LogP contribution is -2.33. The number of methoxy groups -OCH3 is 1. The van der Waals surface area contributed by atoms with Crippen LogP contribution in [0.25, 0.3) is 0 Å². The summed E-state index contributed by atoms with van der Waals surface area (Å²) in [7, 11) is 1.51. The van der Waals surface area contributed by atoms with Gasteiger partial charge in [0, 0.05) is 13.7 Å². The maximum atomic E-state index is 11.5. The summed E-state index contributed by atoms with van der Waals surface area (Å²) in [6.45, 7) is 4.77. The molecular formula is C13H19NO3. The monoisotopic (exact) mass is 237 g/mol. The average molecular weight is 237 g/mol. The lowest BCUT2D eigenvalue weighted by Gasteiger charge is -2.11. The third kappa shape index (κ3) is 4.44. The summed E-state index contributed by atoms with van der Waals surface area (Å²) in [5.41, 5.74) is 1.01. The second-order valence-electron chi connectivity index (χ2n) is 3.68. The number of nitrogens with one attached hydrogen (secondary N) is 1. The van der Waals surface area contributed by atoms with Crippen molar-refractivity contribution in [1.29, 1.82) is 0 Å². The van der Waals surface area contributed by atoms with Gasteiger partial charge in [-0.25, -0.2) is 0 Å². The van der Waals surface area contributed by atoms with Crippen LogP contribution >= 0.6 is 0 Å². The molecular weight excluding hydrogens is 218 g/mol. The first kappa shape index (κ1) is 13.5. The number of carbonyl (C=O) groups excluding carboxylic acids is 1. The number of rotatable bonds is 6. The molecule has 0 aliphatic heterocycles. The molecule has 0 aromatic heterocycles. The predicted molar refractivity (Wildman–Crippen MR) is 65.9 cm³/mol. The highest BCUT2D eigenvalue weighted by atomic mass is 16.5. The van der Waals surface area contributed by atoms with E-state index in [1.807, 2.05) is 31.2 Å². The van der Waals surface area contributed by atoms with Crippen LogP contribution in [0, 0.1) is 0 Å². The number of hydrogen-bond donors (Lipinski definition) is 1. The zero-order valence-corrected chi connectivity index (χ0v) is 10.5. The van der Waals surface area contributed by atoms with Crippen LogP contribution < -0.4 is 10.1 Å². The van der Waals surface area contributed by atoms with Crippen LogP contribution in [0.3, 0.4) is 0 Å². The predicted octanol–water partition coefficient (Wildman–Crippen LogP) is 1.74. The normalized spacial score (nSPS) is 11.9. The Bertz CT molecular complexity index is 365. The summed E-state index contributed by atoms with van der Waals surface area (Å²) in [5.74, 6) is 0.702. The molecule has 4 nitrogen and oxygen atoms in total. The maximum Gasteiger partial charge on any atom is 0.249 e. The van der Waals surface area contributed by atoms with Crippen molar-refractivity contribution >= 4 is 5.91 Å². The fourth-order valence-electron chi connectivity index (χ4n) is 1.35. The lowest BCUT2D eigenvalue weighted by molar-refractivity contribution is -0.130. The van der Waals surface area contributed by atoms with Crippen LogP contribution in [-0.2, 0) is 16.1 Å². The summed E-state index contributed by atoms with van der Waals surface area (Å²) in [6.07, 6.45) is -0.426. The number of carbonyl (C=O) groups is 1. The molecule has 1 atom stereocenters. The highest BCUT2D eigenvalue weighted by molar-refractivity contribution is 5.80. The molecule has 0 radical (unpaired) electrons. The molecule has 4 heteroatoms. The number of hydrogen-bond acceptors (Lipinski definition) is 3. The van der Waals surface area contributed by atoms with Gasteiger partial charge in [-0.1, -0.05) is 12.1 Å². The van der Waals surface area contributed by atoms with Gasteiger partial charge in [0.05, 0.1) is 6.61 Å². The Kier molecular flexibility index (Phi) is 5.49. The van der Waals surface area contributed by atoms with E-state index in [0.29, 0.717) is 13.2 Å². The Hall–Kier alpha value is -1.55. The Morgan fingerprint density at radius 3 is 2.88 bits per heavy atom. The van der Waals surface area contributed by atoms with E-state index in [2.05, 4.69) is 5.32 Å². The quantitative estimate of drug-likeness (QED) is 0.819. The standard InChI is InChI=1S/C13H19NO3/c1-4-17-12-7-5-6-11(8-12)9-14-13(15)10(2)16-3/h5-8,10H,4,9H2,1-3H3,(H,14,15). The van der Waals surface area contributed by atoms with Crippen LogP contribution in [0.5, 0.6) is 5.75 Å². The van der Waals surface area contributed by atoms with Gasteiger partial charge >= 0.3 is 0 Å². The van der Waals surface area contributed by atoms with Crippen molar-refractivity contribution in [3.05, 3.63) is 29.8 Å². The first-order valence-electron chi connectivity index (χ1n) is 5.69. The molecule has 0 spiro atoms. The summed E-state index contributed by atoms with van der Waals surface area (Å²) < 4.78 is 10.3. The van der Waals surface area contributed by atoms with E-state index in [1.165, 1.54) is 7.11 Å². The molecule has 94 valence electrons. The van der Waals surface area contributed by atoms with E-state index >= 15 is 0 Å². The van der Waals surface area contributed by atoms with E-state index < -0.39 is 6.10 Å². The van der Waals surface area contributed by atoms with Crippen molar-refractivity contribution in [2.75, 3.05) is 13.7 Å². The van der Waals surface area contributed by atoms with Crippen molar-refractivity contribution in [2.24, 2.45) is 0 Å². The molecule has 0 saturated carbocycles. The molecule has 0 fully saturated rings. The van der Waals surface area contributed by atoms with E-state index in [0.717, 1.165) is 11.3 Å². The van der Waals surface area contributed by atoms with Crippen LogP contribution in [0.1, 0.15) is 19.4 Å². The second kappa shape index (κ2) is 6.91. The minimum Gasteiger partial charge on any atom is -0.494 e. The van der Waals surface area contributed by atoms with Gasteiger partial charge in [0.25, 0.3) is 0 Å².